The van der Waals surface area contributed by atoms with Gasteiger partial charge in [0.2, 0.25) is 0 Å². The van der Waals surface area contributed by atoms with Crippen molar-refractivity contribution in [1.29, 1.82) is 0 Å². The molecule has 222 valence electrons. The summed E-state index contributed by atoms with van der Waals surface area (Å²) in [6.07, 6.45) is 0. The lowest BCUT2D eigenvalue weighted by atomic mass is 9.86. The topological polar surface area (TPSA) is 4.93 Å². The standard InChI is InChI=1S/C44H27Cl2N/c45-43(37-18-8-4-14-31(37)32-15-5-9-19-38(32)43)28-22-24-41-35(26-28)36-27-29(23-25-42(36)47(41)30-12-2-1-3-13-30)44(46)39-20-10-6-16-33(39)34-17-7-11-21-40(34)44/h1-27H. The maximum absolute atomic E-state index is 7.87. The van der Waals surface area contributed by atoms with Crippen LogP contribution in [0, 0.1) is 0 Å². The molecule has 1 heterocycles. The van der Waals surface area contributed by atoms with Gasteiger partial charge in [0.05, 0.1) is 11.0 Å². The Kier molecular flexibility index (Phi) is 5.60. The first kappa shape index (κ1) is 27.1. The first-order valence-corrected chi connectivity index (χ1v) is 16.8. The Bertz CT molecular complexity index is 2310. The van der Waals surface area contributed by atoms with Gasteiger partial charge in [-0.25, -0.2) is 0 Å². The second-order valence-electron chi connectivity index (χ2n) is 12.6. The highest BCUT2D eigenvalue weighted by molar-refractivity contribution is 6.31. The highest BCUT2D eigenvalue weighted by Gasteiger charge is 2.44. The molecule has 0 aliphatic heterocycles. The second-order valence-corrected chi connectivity index (χ2v) is 13.8. The maximum atomic E-state index is 7.87. The summed E-state index contributed by atoms with van der Waals surface area (Å²) in [7, 11) is 0. The molecule has 47 heavy (non-hydrogen) atoms. The number of para-hydroxylation sites is 1. The third-order valence-corrected chi connectivity index (χ3v) is 11.6. The van der Waals surface area contributed by atoms with Crippen molar-refractivity contribution in [2.75, 3.05) is 0 Å². The summed E-state index contributed by atoms with van der Waals surface area (Å²) in [5.74, 6) is 0. The minimum absolute atomic E-state index is 0.808. The lowest BCUT2D eigenvalue weighted by Crippen LogP contribution is -2.19. The molecule has 2 aliphatic carbocycles. The van der Waals surface area contributed by atoms with Crippen LogP contribution in [-0.4, -0.2) is 4.57 Å². The molecule has 0 bridgehead atoms. The SMILES string of the molecule is ClC1(c2ccc3c(c2)c2cc(C4(Cl)c5ccccc5-c5ccccc54)ccc2n3-c2ccccc2)c2ccccc2-c2ccccc21. The molecule has 0 spiro atoms. The van der Waals surface area contributed by atoms with Gasteiger partial charge in [-0.05, 0) is 92.0 Å². The Morgan fingerprint density at radius 3 is 1.09 bits per heavy atom. The molecule has 0 saturated carbocycles. The smallest absolute Gasteiger partial charge is 0.121 e. The molecule has 0 atom stereocenters. The average Bonchev–Trinajstić information content (AvgIpc) is 3.71. The molecule has 0 saturated heterocycles. The van der Waals surface area contributed by atoms with E-state index < -0.39 is 9.75 Å². The summed E-state index contributed by atoms with van der Waals surface area (Å²) in [4.78, 5) is -1.62. The number of fused-ring (bicyclic) bond motifs is 9. The number of nitrogens with zero attached hydrogens (tertiary/aromatic N) is 1. The fourth-order valence-electron chi connectivity index (χ4n) is 8.29. The van der Waals surface area contributed by atoms with Gasteiger partial charge in [-0.15, -0.1) is 23.2 Å². The van der Waals surface area contributed by atoms with Crippen molar-refractivity contribution in [3.63, 3.8) is 0 Å². The van der Waals surface area contributed by atoms with Gasteiger partial charge in [0, 0.05) is 16.5 Å². The van der Waals surface area contributed by atoms with Gasteiger partial charge in [-0.3, -0.25) is 0 Å². The van der Waals surface area contributed by atoms with E-state index >= 15 is 0 Å². The van der Waals surface area contributed by atoms with Crippen LogP contribution in [0.25, 0.3) is 49.7 Å². The number of rotatable bonds is 3. The van der Waals surface area contributed by atoms with Crippen LogP contribution in [0.2, 0.25) is 0 Å². The van der Waals surface area contributed by atoms with Crippen LogP contribution in [0.15, 0.2) is 164 Å². The monoisotopic (exact) mass is 639 g/mol. The maximum Gasteiger partial charge on any atom is 0.121 e. The van der Waals surface area contributed by atoms with Crippen molar-refractivity contribution in [1.82, 2.24) is 4.57 Å². The highest BCUT2D eigenvalue weighted by Crippen LogP contribution is 2.57. The van der Waals surface area contributed by atoms with E-state index in [0.29, 0.717) is 0 Å². The Labute approximate surface area is 283 Å². The molecule has 0 fully saturated rings. The van der Waals surface area contributed by atoms with Crippen molar-refractivity contribution >= 4 is 45.0 Å². The van der Waals surface area contributed by atoms with E-state index in [9.17, 15) is 0 Å². The van der Waals surface area contributed by atoms with Gasteiger partial charge >= 0.3 is 0 Å². The second kappa shape index (κ2) is 9.72. The van der Waals surface area contributed by atoms with E-state index in [4.69, 9.17) is 23.2 Å². The lowest BCUT2D eigenvalue weighted by Gasteiger charge is -2.26. The molecule has 1 aromatic heterocycles. The molecule has 0 radical (unpaired) electrons. The van der Waals surface area contributed by atoms with Crippen LogP contribution in [0.1, 0.15) is 33.4 Å². The zero-order valence-corrected chi connectivity index (χ0v) is 26.8. The normalized spacial score (nSPS) is 14.9. The number of halogens is 2. The third kappa shape index (κ3) is 3.51. The quantitative estimate of drug-likeness (QED) is 0.169. The van der Waals surface area contributed by atoms with Gasteiger partial charge < -0.3 is 4.57 Å². The summed E-state index contributed by atoms with van der Waals surface area (Å²) in [5, 5.41) is 2.29. The number of alkyl halides is 2. The van der Waals surface area contributed by atoms with Crippen LogP contribution in [-0.2, 0) is 9.75 Å². The molecule has 2 aliphatic rings. The van der Waals surface area contributed by atoms with Crippen LogP contribution >= 0.6 is 23.2 Å². The average molecular weight is 641 g/mol. The summed E-state index contributed by atoms with van der Waals surface area (Å²) in [6, 6.07) is 58.2. The Morgan fingerprint density at radius 2 is 0.702 bits per heavy atom. The molecular weight excluding hydrogens is 613 g/mol. The first-order valence-electron chi connectivity index (χ1n) is 16.0. The predicted octanol–water partition coefficient (Wildman–Crippen LogP) is 11.8. The zero-order valence-electron chi connectivity index (χ0n) is 25.3. The van der Waals surface area contributed by atoms with E-state index in [1.165, 1.54) is 22.3 Å². The molecule has 0 N–H and O–H groups in total. The van der Waals surface area contributed by atoms with Crippen molar-refractivity contribution in [2.24, 2.45) is 0 Å². The molecule has 3 heteroatoms. The Balaban J connectivity index is 1.27. The first-order chi connectivity index (χ1) is 23.1. The minimum atomic E-state index is -0.808. The number of aromatic nitrogens is 1. The summed E-state index contributed by atoms with van der Waals surface area (Å²) in [6.45, 7) is 0. The van der Waals surface area contributed by atoms with Gasteiger partial charge in [0.15, 0.2) is 0 Å². The Hall–Kier alpha value is -5.08. The van der Waals surface area contributed by atoms with Crippen molar-refractivity contribution in [2.45, 2.75) is 9.75 Å². The van der Waals surface area contributed by atoms with Gasteiger partial charge in [-0.2, -0.15) is 0 Å². The number of benzene rings is 7. The van der Waals surface area contributed by atoms with Crippen LogP contribution in [0.3, 0.4) is 0 Å². The van der Waals surface area contributed by atoms with Crippen LogP contribution < -0.4 is 0 Å². The Morgan fingerprint density at radius 1 is 0.362 bits per heavy atom. The number of hydrogen-bond acceptors (Lipinski definition) is 0. The van der Waals surface area contributed by atoms with E-state index in [1.54, 1.807) is 0 Å². The van der Waals surface area contributed by atoms with Crippen LogP contribution in [0.4, 0.5) is 0 Å². The van der Waals surface area contributed by atoms with E-state index in [1.807, 2.05) is 0 Å². The molecule has 0 amide bonds. The summed E-state index contributed by atoms with van der Waals surface area (Å²) in [5.41, 5.74) is 14.7. The molecule has 7 aromatic carbocycles. The van der Waals surface area contributed by atoms with Crippen molar-refractivity contribution in [3.05, 3.63) is 197 Å². The minimum Gasteiger partial charge on any atom is -0.309 e. The summed E-state index contributed by atoms with van der Waals surface area (Å²) < 4.78 is 2.35. The van der Waals surface area contributed by atoms with Crippen molar-refractivity contribution < 1.29 is 0 Å². The largest absolute Gasteiger partial charge is 0.309 e. The number of hydrogen-bond donors (Lipinski definition) is 0. The predicted molar refractivity (Wildman–Crippen MR) is 196 cm³/mol. The molecule has 8 aromatic rings. The van der Waals surface area contributed by atoms with E-state index in [0.717, 1.165) is 60.9 Å². The molecular formula is C44H27Cl2N. The fraction of sp³-hybridized carbons (Fsp3) is 0.0455. The van der Waals surface area contributed by atoms with Gasteiger partial charge in [-0.1, -0.05) is 127 Å². The summed E-state index contributed by atoms with van der Waals surface area (Å²) >= 11 is 15.7. The third-order valence-electron chi connectivity index (χ3n) is 10.3. The zero-order chi connectivity index (χ0) is 31.3. The van der Waals surface area contributed by atoms with E-state index in [2.05, 4.69) is 168 Å². The van der Waals surface area contributed by atoms with Crippen LogP contribution in [0.5, 0.6) is 0 Å². The van der Waals surface area contributed by atoms with Crippen molar-refractivity contribution in [3.8, 4) is 27.9 Å². The lowest BCUT2D eigenvalue weighted by molar-refractivity contribution is 0.913. The van der Waals surface area contributed by atoms with Gasteiger partial charge in [0.1, 0.15) is 9.75 Å². The van der Waals surface area contributed by atoms with E-state index in [-0.39, 0.29) is 0 Å². The molecule has 10 rings (SSSR count). The molecule has 0 unspecified atom stereocenters. The highest BCUT2D eigenvalue weighted by atomic mass is 35.5. The fourth-order valence-corrected chi connectivity index (χ4v) is 9.19. The molecule has 1 nitrogen and oxygen atoms in total. The van der Waals surface area contributed by atoms with Gasteiger partial charge in [0.25, 0.3) is 0 Å².